The van der Waals surface area contributed by atoms with Gasteiger partial charge in [0.1, 0.15) is 17.2 Å². The van der Waals surface area contributed by atoms with Gasteiger partial charge >= 0.3 is 11.8 Å². The molecule has 0 bridgehead atoms. The molecule has 0 aliphatic rings. The minimum absolute atomic E-state index is 0.217. The molecule has 0 saturated heterocycles. The van der Waals surface area contributed by atoms with Crippen molar-refractivity contribution in [2.45, 2.75) is 0 Å². The first-order valence-electron chi connectivity index (χ1n) is 8.89. The summed E-state index contributed by atoms with van der Waals surface area (Å²) in [5.41, 5.74) is 0.826. The summed E-state index contributed by atoms with van der Waals surface area (Å²) in [7, 11) is 1.51. The van der Waals surface area contributed by atoms with Gasteiger partial charge in [-0.15, -0.1) is 0 Å². The Balaban J connectivity index is 1.61. The highest BCUT2D eigenvalue weighted by Crippen LogP contribution is 2.26. The van der Waals surface area contributed by atoms with Crippen molar-refractivity contribution in [1.29, 1.82) is 0 Å². The summed E-state index contributed by atoms with van der Waals surface area (Å²) < 4.78 is 5.69. The minimum Gasteiger partial charge on any atom is -0.457 e. The number of rotatable bonds is 5. The number of pyridine rings is 1. The second-order valence-corrected chi connectivity index (χ2v) is 6.96. The van der Waals surface area contributed by atoms with E-state index in [1.165, 1.54) is 31.4 Å². The van der Waals surface area contributed by atoms with Gasteiger partial charge in [-0.25, -0.2) is 0 Å². The predicted octanol–water partition coefficient (Wildman–Crippen LogP) is 4.12. The summed E-state index contributed by atoms with van der Waals surface area (Å²) in [4.78, 5) is 39.9. The molecule has 0 spiro atoms. The summed E-state index contributed by atoms with van der Waals surface area (Å²) in [6.07, 6.45) is 1.46. The topological polar surface area (TPSA) is 109 Å². The number of carbonyl (C=O) groups is 3. The van der Waals surface area contributed by atoms with E-state index in [1.807, 2.05) is 0 Å². The first-order chi connectivity index (χ1) is 14.9. The molecule has 2 aromatic carbocycles. The van der Waals surface area contributed by atoms with Crippen molar-refractivity contribution in [3.05, 3.63) is 76.5 Å². The Kier molecular flexibility index (Phi) is 7.07. The fraction of sp³-hybridized carbons (Fsp3) is 0.0476. The summed E-state index contributed by atoms with van der Waals surface area (Å²) >= 11 is 11.8. The molecular weight excluding hydrogens is 443 g/mol. The lowest BCUT2D eigenvalue weighted by atomic mass is 10.3. The number of nitrogens with one attached hydrogen (secondary N) is 3. The summed E-state index contributed by atoms with van der Waals surface area (Å²) in [6, 6.07) is 13.9. The van der Waals surface area contributed by atoms with E-state index >= 15 is 0 Å². The quantitative estimate of drug-likeness (QED) is 0.498. The molecule has 0 aliphatic heterocycles. The van der Waals surface area contributed by atoms with Gasteiger partial charge in [0.2, 0.25) is 0 Å². The van der Waals surface area contributed by atoms with Crippen LogP contribution in [-0.4, -0.2) is 29.8 Å². The number of amides is 3. The van der Waals surface area contributed by atoms with Crippen molar-refractivity contribution in [2.24, 2.45) is 0 Å². The zero-order chi connectivity index (χ0) is 22.4. The van der Waals surface area contributed by atoms with Gasteiger partial charge in [0.25, 0.3) is 5.91 Å². The molecule has 10 heteroatoms. The maximum atomic E-state index is 12.1. The smallest absolute Gasteiger partial charge is 0.314 e. The van der Waals surface area contributed by atoms with Gasteiger partial charge in [-0.3, -0.25) is 19.4 Å². The minimum atomic E-state index is -0.900. The molecule has 8 nitrogen and oxygen atoms in total. The third kappa shape index (κ3) is 5.94. The van der Waals surface area contributed by atoms with Crippen LogP contribution in [0.1, 0.15) is 10.5 Å². The van der Waals surface area contributed by atoms with Gasteiger partial charge < -0.3 is 20.7 Å². The standard InChI is InChI=1S/C21H16Cl2N4O4/c1-24-19(28)18-11-15(8-9-25-18)31-14-5-3-13(4-6-14)26-20(29)21(30)27-17-10-12(22)2-7-16(17)23/h2-11H,1H3,(H,24,28)(H,26,29)(H,27,30). The van der Waals surface area contributed by atoms with Crippen molar-refractivity contribution >= 4 is 52.3 Å². The molecule has 3 aromatic rings. The Labute approximate surface area is 187 Å². The molecule has 31 heavy (non-hydrogen) atoms. The lowest BCUT2D eigenvalue weighted by Crippen LogP contribution is -2.29. The number of anilines is 2. The Hall–Kier alpha value is -3.62. The zero-order valence-corrected chi connectivity index (χ0v) is 17.6. The fourth-order valence-electron chi connectivity index (χ4n) is 2.43. The Bertz CT molecular complexity index is 1140. The van der Waals surface area contributed by atoms with Crippen LogP contribution in [0.4, 0.5) is 11.4 Å². The number of ether oxygens (including phenoxy) is 1. The molecule has 3 amide bonds. The number of hydrogen-bond acceptors (Lipinski definition) is 5. The van der Waals surface area contributed by atoms with E-state index in [-0.39, 0.29) is 22.3 Å². The van der Waals surface area contributed by atoms with Crippen LogP contribution < -0.4 is 20.7 Å². The van der Waals surface area contributed by atoms with E-state index in [9.17, 15) is 14.4 Å². The van der Waals surface area contributed by atoms with Crippen LogP contribution in [0, 0.1) is 0 Å². The SMILES string of the molecule is CNC(=O)c1cc(Oc2ccc(NC(=O)C(=O)Nc3cc(Cl)ccc3Cl)cc2)ccn1. The average Bonchev–Trinajstić information content (AvgIpc) is 2.77. The number of benzene rings is 2. The number of halogens is 2. The van der Waals surface area contributed by atoms with E-state index < -0.39 is 11.8 Å². The maximum absolute atomic E-state index is 12.1. The molecule has 3 rings (SSSR count). The van der Waals surface area contributed by atoms with E-state index in [4.69, 9.17) is 27.9 Å². The molecule has 0 fully saturated rings. The van der Waals surface area contributed by atoms with Crippen molar-refractivity contribution in [3.63, 3.8) is 0 Å². The molecule has 158 valence electrons. The molecule has 0 saturated carbocycles. The second-order valence-electron chi connectivity index (χ2n) is 6.11. The average molecular weight is 459 g/mol. The van der Waals surface area contributed by atoms with Crippen molar-refractivity contribution in [3.8, 4) is 11.5 Å². The molecule has 3 N–H and O–H groups in total. The monoisotopic (exact) mass is 458 g/mol. The Morgan fingerprint density at radius 3 is 2.29 bits per heavy atom. The van der Waals surface area contributed by atoms with Gasteiger partial charge in [-0.2, -0.15) is 0 Å². The van der Waals surface area contributed by atoms with Crippen LogP contribution in [0.15, 0.2) is 60.8 Å². The summed E-state index contributed by atoms with van der Waals surface area (Å²) in [5, 5.41) is 7.98. The number of nitrogens with zero attached hydrogens (tertiary/aromatic N) is 1. The molecule has 0 radical (unpaired) electrons. The van der Waals surface area contributed by atoms with Crippen LogP contribution in [0.25, 0.3) is 0 Å². The summed E-state index contributed by atoms with van der Waals surface area (Å²) in [5.74, 6) is -1.23. The molecular formula is C21H16Cl2N4O4. The van der Waals surface area contributed by atoms with Gasteiger partial charge in [0.05, 0.1) is 10.7 Å². The highest BCUT2D eigenvalue weighted by Gasteiger charge is 2.16. The van der Waals surface area contributed by atoms with Crippen LogP contribution in [0.3, 0.4) is 0 Å². The Morgan fingerprint density at radius 1 is 0.871 bits per heavy atom. The van der Waals surface area contributed by atoms with E-state index in [0.717, 1.165) is 0 Å². The van der Waals surface area contributed by atoms with Crippen LogP contribution in [0.5, 0.6) is 11.5 Å². The lowest BCUT2D eigenvalue weighted by molar-refractivity contribution is -0.132. The van der Waals surface area contributed by atoms with E-state index in [1.54, 1.807) is 36.4 Å². The Morgan fingerprint density at radius 2 is 1.58 bits per heavy atom. The zero-order valence-electron chi connectivity index (χ0n) is 16.1. The first-order valence-corrected chi connectivity index (χ1v) is 9.65. The largest absolute Gasteiger partial charge is 0.457 e. The van der Waals surface area contributed by atoms with Crippen LogP contribution in [0.2, 0.25) is 10.0 Å². The predicted molar refractivity (Wildman–Crippen MR) is 118 cm³/mol. The van der Waals surface area contributed by atoms with Gasteiger partial charge in [-0.05, 0) is 48.5 Å². The van der Waals surface area contributed by atoms with Crippen LogP contribution >= 0.6 is 23.2 Å². The maximum Gasteiger partial charge on any atom is 0.314 e. The highest BCUT2D eigenvalue weighted by molar-refractivity contribution is 6.45. The van der Waals surface area contributed by atoms with Crippen LogP contribution in [-0.2, 0) is 9.59 Å². The molecule has 0 unspecified atom stereocenters. The summed E-state index contributed by atoms with van der Waals surface area (Å²) in [6.45, 7) is 0. The third-order valence-corrected chi connectivity index (χ3v) is 4.49. The van der Waals surface area contributed by atoms with Crippen molar-refractivity contribution < 1.29 is 19.1 Å². The number of aromatic nitrogens is 1. The number of carbonyl (C=O) groups excluding carboxylic acids is 3. The van der Waals surface area contributed by atoms with Gasteiger partial charge in [-0.1, -0.05) is 23.2 Å². The molecule has 1 aromatic heterocycles. The lowest BCUT2D eigenvalue weighted by Gasteiger charge is -2.10. The highest BCUT2D eigenvalue weighted by atomic mass is 35.5. The second kappa shape index (κ2) is 9.92. The van der Waals surface area contributed by atoms with Gasteiger partial charge in [0, 0.05) is 30.0 Å². The first kappa shape index (κ1) is 22.1. The van der Waals surface area contributed by atoms with Crippen molar-refractivity contribution in [1.82, 2.24) is 10.3 Å². The van der Waals surface area contributed by atoms with E-state index in [0.29, 0.717) is 22.2 Å². The van der Waals surface area contributed by atoms with Crippen molar-refractivity contribution in [2.75, 3.05) is 17.7 Å². The molecule has 0 atom stereocenters. The van der Waals surface area contributed by atoms with E-state index in [2.05, 4.69) is 20.9 Å². The van der Waals surface area contributed by atoms with Gasteiger partial charge in [0.15, 0.2) is 0 Å². The fourth-order valence-corrected chi connectivity index (χ4v) is 2.77. The normalized spacial score (nSPS) is 10.2. The number of hydrogen-bond donors (Lipinski definition) is 3. The third-order valence-electron chi connectivity index (χ3n) is 3.92. The molecule has 0 aliphatic carbocycles. The molecule has 1 heterocycles.